The van der Waals surface area contributed by atoms with Crippen molar-refractivity contribution in [3.05, 3.63) is 23.0 Å². The number of aliphatic hydroxyl groups is 2. The zero-order chi connectivity index (χ0) is 22.6. The molecule has 0 aromatic carbocycles. The van der Waals surface area contributed by atoms with E-state index in [0.29, 0.717) is 30.4 Å². The van der Waals surface area contributed by atoms with Crippen molar-refractivity contribution >= 4 is 18.8 Å². The molecule has 4 rings (SSSR count). The SMILES string of the molecule is CCC(CC)(CC1OC([n+]2cn(C)c3c(=O)[nH]cnc32)CC1O)OP1(=O)OC1(O)CC. The fourth-order valence-electron chi connectivity index (χ4n) is 4.32. The zero-order valence-corrected chi connectivity index (χ0v) is 19.0. The predicted octanol–water partition coefficient (Wildman–Crippen LogP) is 1.44. The van der Waals surface area contributed by atoms with E-state index in [4.69, 9.17) is 13.8 Å². The molecule has 0 aliphatic carbocycles. The molecule has 2 aromatic heterocycles. The molecule has 3 N–H and O–H groups in total. The van der Waals surface area contributed by atoms with Crippen LogP contribution in [-0.2, 0) is 25.4 Å². The first kappa shape index (κ1) is 22.6. The predicted molar refractivity (Wildman–Crippen MR) is 109 cm³/mol. The van der Waals surface area contributed by atoms with Crippen LogP contribution in [0.25, 0.3) is 11.2 Å². The second kappa shape index (κ2) is 7.75. The minimum Gasteiger partial charge on any atom is -0.390 e. The lowest BCUT2D eigenvalue weighted by atomic mass is 9.89. The first-order chi connectivity index (χ1) is 14.6. The largest absolute Gasteiger partial charge is 0.393 e. The van der Waals surface area contributed by atoms with Gasteiger partial charge in [0.25, 0.3) is 11.1 Å². The summed E-state index contributed by atoms with van der Waals surface area (Å²) in [7, 11) is -1.87. The van der Waals surface area contributed by atoms with Crippen molar-refractivity contribution in [2.24, 2.45) is 7.05 Å². The number of H-pyrrole nitrogens is 1. The van der Waals surface area contributed by atoms with Gasteiger partial charge in [-0.2, -0.15) is 0 Å². The van der Waals surface area contributed by atoms with Crippen LogP contribution in [0.5, 0.6) is 0 Å². The highest BCUT2D eigenvalue weighted by Crippen LogP contribution is 2.80. The van der Waals surface area contributed by atoms with Crippen LogP contribution in [-0.4, -0.2) is 48.1 Å². The van der Waals surface area contributed by atoms with Crippen LogP contribution >= 0.6 is 7.60 Å². The summed E-state index contributed by atoms with van der Waals surface area (Å²) < 4.78 is 33.4. The quantitative estimate of drug-likeness (QED) is 0.307. The first-order valence-corrected chi connectivity index (χ1v) is 12.2. The maximum absolute atomic E-state index is 12.8. The van der Waals surface area contributed by atoms with Crippen molar-refractivity contribution in [1.29, 1.82) is 0 Å². The number of nitrogens with one attached hydrogen (secondary N) is 1. The van der Waals surface area contributed by atoms with Gasteiger partial charge in [-0.15, -0.1) is 0 Å². The van der Waals surface area contributed by atoms with E-state index < -0.39 is 37.2 Å². The Kier molecular flexibility index (Phi) is 5.65. The molecule has 5 unspecified atom stereocenters. The Hall–Kier alpha value is -1.62. The molecule has 172 valence electrons. The smallest absolute Gasteiger partial charge is 0.390 e. The van der Waals surface area contributed by atoms with Crippen LogP contribution in [0, 0.1) is 0 Å². The maximum atomic E-state index is 12.8. The number of hydrogen-bond acceptors (Lipinski definition) is 8. The normalized spacial score (nSPS) is 33.3. The Morgan fingerprint density at radius 2 is 2.16 bits per heavy atom. The third-order valence-corrected chi connectivity index (χ3v) is 8.78. The van der Waals surface area contributed by atoms with Crippen LogP contribution in [0.1, 0.15) is 59.1 Å². The van der Waals surface area contributed by atoms with Crippen LogP contribution < -0.4 is 10.1 Å². The molecule has 0 saturated carbocycles. The van der Waals surface area contributed by atoms with Gasteiger partial charge in [-0.25, -0.2) is 4.57 Å². The summed E-state index contributed by atoms with van der Waals surface area (Å²) >= 11 is 0. The topological polar surface area (TPSA) is 143 Å². The summed E-state index contributed by atoms with van der Waals surface area (Å²) in [5, 5.41) is 20.9. The third-order valence-electron chi connectivity index (χ3n) is 6.52. The van der Waals surface area contributed by atoms with E-state index in [2.05, 4.69) is 9.97 Å². The van der Waals surface area contributed by atoms with E-state index in [1.54, 1.807) is 29.4 Å². The molecule has 2 aromatic rings. The maximum Gasteiger partial charge on any atom is 0.393 e. The van der Waals surface area contributed by atoms with Gasteiger partial charge in [0.1, 0.15) is 0 Å². The second-order valence-corrected chi connectivity index (χ2v) is 10.4. The van der Waals surface area contributed by atoms with E-state index in [9.17, 15) is 19.6 Å². The monoisotopic (exact) mass is 457 g/mol. The highest BCUT2D eigenvalue weighted by atomic mass is 31.2. The fraction of sp³-hybridized carbons (Fsp3) is 0.737. The molecule has 0 spiro atoms. The third kappa shape index (κ3) is 3.67. The number of nitrogens with zero attached hydrogens (tertiary/aromatic N) is 3. The molecular weight excluding hydrogens is 427 g/mol. The van der Waals surface area contributed by atoms with Crippen molar-refractivity contribution in [3.8, 4) is 0 Å². The molecule has 0 amide bonds. The second-order valence-electron chi connectivity index (χ2n) is 8.34. The average Bonchev–Trinajstić information content (AvgIpc) is 2.99. The Morgan fingerprint density at radius 3 is 2.77 bits per heavy atom. The number of fused-ring (bicyclic) bond motifs is 1. The van der Waals surface area contributed by atoms with E-state index in [0.717, 1.165) is 0 Å². The summed E-state index contributed by atoms with van der Waals surface area (Å²) in [6.45, 7) is 5.48. The lowest BCUT2D eigenvalue weighted by molar-refractivity contribution is -0.739. The molecule has 31 heavy (non-hydrogen) atoms. The lowest BCUT2D eigenvalue weighted by Gasteiger charge is -2.33. The standard InChI is InChI=1S/C19H29N4O7P/c1-5-18(6-2,29-31(27)19(26,7-3)30-31)9-13-12(24)8-14(28-13)23-11-22(4)15-16(23)20-10-21-17(15)25/h10-14,24,26H,5-9H2,1-4H3/p+1. The first-order valence-electron chi connectivity index (χ1n) is 10.6. The van der Waals surface area contributed by atoms with Crippen LogP contribution in [0.15, 0.2) is 17.4 Å². The lowest BCUT2D eigenvalue weighted by Crippen LogP contribution is -2.40. The molecule has 0 radical (unpaired) electrons. The molecule has 2 aliphatic heterocycles. The summed E-state index contributed by atoms with van der Waals surface area (Å²) in [6, 6.07) is 0. The van der Waals surface area contributed by atoms with Gasteiger partial charge in [-0.3, -0.25) is 28.0 Å². The summed E-state index contributed by atoms with van der Waals surface area (Å²) in [6.07, 6.45) is 2.92. The number of imidazole rings is 1. The van der Waals surface area contributed by atoms with Crippen molar-refractivity contribution in [2.75, 3.05) is 0 Å². The Morgan fingerprint density at radius 1 is 1.45 bits per heavy atom. The highest BCUT2D eigenvalue weighted by Gasteiger charge is 2.71. The number of aryl methyl sites for hydroxylation is 1. The molecular formula is C19H30N4O7P+. The minimum absolute atomic E-state index is 0.169. The summed E-state index contributed by atoms with van der Waals surface area (Å²) in [4.78, 5) is 19.0. The number of aromatic nitrogens is 4. The van der Waals surface area contributed by atoms with Crippen LogP contribution in [0.3, 0.4) is 0 Å². The van der Waals surface area contributed by atoms with E-state index in [1.165, 1.54) is 6.33 Å². The minimum atomic E-state index is -3.62. The van der Waals surface area contributed by atoms with Gasteiger partial charge in [0.2, 0.25) is 5.52 Å². The van der Waals surface area contributed by atoms with Gasteiger partial charge in [-0.1, -0.05) is 25.8 Å². The number of aromatic amines is 1. The molecule has 2 aliphatic rings. The zero-order valence-electron chi connectivity index (χ0n) is 18.1. The Bertz CT molecular complexity index is 1080. The van der Waals surface area contributed by atoms with Gasteiger partial charge in [0.15, 0.2) is 18.9 Å². The van der Waals surface area contributed by atoms with Gasteiger partial charge in [0, 0.05) is 19.3 Å². The molecule has 4 heterocycles. The Balaban J connectivity index is 1.56. The van der Waals surface area contributed by atoms with Crippen molar-refractivity contribution < 1.29 is 33.1 Å². The van der Waals surface area contributed by atoms with E-state index in [1.807, 2.05) is 13.8 Å². The van der Waals surface area contributed by atoms with E-state index in [-0.39, 0.29) is 18.4 Å². The van der Waals surface area contributed by atoms with Crippen LogP contribution in [0.2, 0.25) is 0 Å². The van der Waals surface area contributed by atoms with Gasteiger partial charge in [-0.05, 0) is 12.8 Å². The Labute approximate surface area is 179 Å². The number of rotatable bonds is 8. The highest BCUT2D eigenvalue weighted by molar-refractivity contribution is 7.61. The summed E-state index contributed by atoms with van der Waals surface area (Å²) in [5.41, 5.74) is -2.00. The molecule has 11 nitrogen and oxygen atoms in total. The number of hydrogen-bond donors (Lipinski definition) is 3. The van der Waals surface area contributed by atoms with Crippen molar-refractivity contribution in [3.63, 3.8) is 0 Å². The van der Waals surface area contributed by atoms with Crippen molar-refractivity contribution in [2.45, 2.75) is 82.4 Å². The average molecular weight is 457 g/mol. The molecule has 12 heteroatoms. The van der Waals surface area contributed by atoms with E-state index >= 15 is 0 Å². The summed E-state index contributed by atoms with van der Waals surface area (Å²) in [5.74, 6) is 0. The molecule has 2 fully saturated rings. The van der Waals surface area contributed by atoms with Gasteiger partial charge in [0.05, 0.1) is 24.9 Å². The molecule has 0 bridgehead atoms. The van der Waals surface area contributed by atoms with Gasteiger partial charge >= 0.3 is 13.2 Å². The van der Waals surface area contributed by atoms with Crippen molar-refractivity contribution in [1.82, 2.24) is 14.5 Å². The number of ether oxygens (including phenoxy) is 1. The fourth-order valence-corrected chi connectivity index (χ4v) is 6.40. The number of aliphatic hydroxyl groups excluding tert-OH is 1. The molecule has 2 saturated heterocycles. The molecule has 5 atom stereocenters. The van der Waals surface area contributed by atoms with Crippen LogP contribution in [0.4, 0.5) is 0 Å². The van der Waals surface area contributed by atoms with Gasteiger partial charge < -0.3 is 14.9 Å².